The maximum atomic E-state index is 12.9. The predicted octanol–water partition coefficient (Wildman–Crippen LogP) is 5.27. The molecule has 3 amide bonds. The minimum absolute atomic E-state index is 0.00492. The van der Waals surface area contributed by atoms with Gasteiger partial charge < -0.3 is 5.32 Å². The van der Waals surface area contributed by atoms with Crippen molar-refractivity contribution in [3.63, 3.8) is 0 Å². The zero-order valence-electron chi connectivity index (χ0n) is 16.1. The van der Waals surface area contributed by atoms with E-state index in [1.807, 2.05) is 0 Å². The van der Waals surface area contributed by atoms with Crippen molar-refractivity contribution in [2.75, 3.05) is 11.9 Å². The average Bonchev–Trinajstić information content (AvgIpc) is 3.30. The number of halogens is 4. The Hall–Kier alpha value is -0.630. The Morgan fingerprint density at radius 3 is 2.30 bits per heavy atom. The molecular formula is C21H22Br2Cl2N2O3. The van der Waals surface area contributed by atoms with Crippen molar-refractivity contribution in [1.82, 2.24) is 4.90 Å². The zero-order chi connectivity index (χ0) is 21.6. The monoisotopic (exact) mass is 578 g/mol. The van der Waals surface area contributed by atoms with Crippen LogP contribution in [0.2, 0.25) is 10.0 Å². The van der Waals surface area contributed by atoms with Crippen molar-refractivity contribution in [1.29, 1.82) is 0 Å². The van der Waals surface area contributed by atoms with Crippen LogP contribution in [-0.2, 0) is 14.4 Å². The minimum atomic E-state index is -0.158. The largest absolute Gasteiger partial charge is 0.325 e. The summed E-state index contributed by atoms with van der Waals surface area (Å²) in [7, 11) is 0. The number of alkyl halides is 2. The summed E-state index contributed by atoms with van der Waals surface area (Å²) in [5.74, 6) is 0.0261. The molecule has 1 aromatic rings. The highest BCUT2D eigenvalue weighted by molar-refractivity contribution is 9.12. The Kier molecular flexibility index (Phi) is 6.83. The number of nitrogens with zero attached hydrogens (tertiary/aromatic N) is 1. The molecule has 5 nitrogen and oxygen atoms in total. The molecule has 1 N–H and O–H groups in total. The van der Waals surface area contributed by atoms with Crippen LogP contribution in [0.4, 0.5) is 5.69 Å². The number of nitrogens with one attached hydrogen (secondary N) is 1. The normalized spacial score (nSPS) is 32.1. The molecule has 0 unspecified atom stereocenters. The molecule has 1 aromatic carbocycles. The van der Waals surface area contributed by atoms with Gasteiger partial charge in [0.05, 0.1) is 22.5 Å². The van der Waals surface area contributed by atoms with Gasteiger partial charge in [-0.25, -0.2) is 0 Å². The lowest BCUT2D eigenvalue weighted by Gasteiger charge is -2.28. The van der Waals surface area contributed by atoms with E-state index in [4.69, 9.17) is 23.2 Å². The van der Waals surface area contributed by atoms with E-state index in [2.05, 4.69) is 37.2 Å². The Balaban J connectivity index is 1.22. The quantitative estimate of drug-likeness (QED) is 0.271. The summed E-state index contributed by atoms with van der Waals surface area (Å²) in [4.78, 5) is 39.8. The summed E-state index contributed by atoms with van der Waals surface area (Å²) < 4.78 is 0. The van der Waals surface area contributed by atoms with Crippen LogP contribution < -0.4 is 5.32 Å². The van der Waals surface area contributed by atoms with Gasteiger partial charge in [-0.05, 0) is 49.3 Å². The molecule has 1 saturated heterocycles. The molecule has 2 bridgehead atoms. The highest BCUT2D eigenvalue weighted by Crippen LogP contribution is 2.60. The molecule has 1 heterocycles. The van der Waals surface area contributed by atoms with E-state index in [0.717, 1.165) is 12.8 Å². The van der Waals surface area contributed by atoms with Gasteiger partial charge in [-0.3, -0.25) is 19.3 Å². The fourth-order valence-corrected chi connectivity index (χ4v) is 7.38. The number of imide groups is 1. The molecule has 9 heteroatoms. The number of benzene rings is 1. The van der Waals surface area contributed by atoms with Crippen molar-refractivity contribution in [2.24, 2.45) is 23.7 Å². The summed E-state index contributed by atoms with van der Waals surface area (Å²) in [6.07, 6.45) is 3.42. The lowest BCUT2D eigenvalue weighted by molar-refractivity contribution is -0.140. The Morgan fingerprint density at radius 2 is 1.67 bits per heavy atom. The van der Waals surface area contributed by atoms with Crippen molar-refractivity contribution < 1.29 is 14.4 Å². The number of rotatable bonds is 7. The molecule has 0 aromatic heterocycles. The molecule has 3 fully saturated rings. The number of amides is 3. The van der Waals surface area contributed by atoms with Gasteiger partial charge in [0.15, 0.2) is 0 Å². The number of carbonyl (C=O) groups is 3. The lowest BCUT2D eigenvalue weighted by Crippen LogP contribution is -2.37. The van der Waals surface area contributed by atoms with Crippen molar-refractivity contribution >= 4 is 78.5 Å². The number of hydrogen-bond acceptors (Lipinski definition) is 3. The Bertz CT molecular complexity index is 852. The van der Waals surface area contributed by atoms with Crippen LogP contribution in [0.5, 0.6) is 0 Å². The number of fused-ring (bicyclic) bond motifs is 5. The van der Waals surface area contributed by atoms with Crippen LogP contribution in [0, 0.1) is 23.7 Å². The van der Waals surface area contributed by atoms with Crippen LogP contribution in [0.15, 0.2) is 18.2 Å². The van der Waals surface area contributed by atoms with E-state index < -0.39 is 0 Å². The van der Waals surface area contributed by atoms with Gasteiger partial charge in [-0.2, -0.15) is 0 Å². The van der Waals surface area contributed by atoms with Crippen molar-refractivity contribution in [3.05, 3.63) is 28.2 Å². The van der Waals surface area contributed by atoms with Crippen LogP contribution in [0.25, 0.3) is 0 Å². The summed E-state index contributed by atoms with van der Waals surface area (Å²) in [5, 5.41) is 3.71. The first-order chi connectivity index (χ1) is 14.3. The molecule has 0 spiro atoms. The number of likely N-dealkylation sites (tertiary alicyclic amines) is 1. The third-order valence-electron chi connectivity index (χ3n) is 6.57. The van der Waals surface area contributed by atoms with E-state index >= 15 is 0 Å². The first-order valence-corrected chi connectivity index (χ1v) is 12.8. The van der Waals surface area contributed by atoms with E-state index in [1.54, 1.807) is 18.2 Å². The Labute approximate surface area is 202 Å². The fourth-order valence-electron chi connectivity index (χ4n) is 5.17. The van der Waals surface area contributed by atoms with Crippen LogP contribution in [-0.4, -0.2) is 38.8 Å². The maximum absolute atomic E-state index is 12.9. The molecule has 0 radical (unpaired) electrons. The summed E-state index contributed by atoms with van der Waals surface area (Å²) >= 11 is 19.4. The zero-order valence-corrected chi connectivity index (χ0v) is 20.8. The molecule has 162 valence electrons. The summed E-state index contributed by atoms with van der Waals surface area (Å²) in [6.45, 7) is 0.436. The maximum Gasteiger partial charge on any atom is 0.233 e. The number of carbonyl (C=O) groups excluding carboxylic acids is 3. The highest BCUT2D eigenvalue weighted by Gasteiger charge is 2.66. The van der Waals surface area contributed by atoms with Gasteiger partial charge in [-0.1, -0.05) is 61.5 Å². The molecule has 2 aliphatic carbocycles. The van der Waals surface area contributed by atoms with E-state index in [-0.39, 0.29) is 51.0 Å². The van der Waals surface area contributed by atoms with Gasteiger partial charge in [0.1, 0.15) is 0 Å². The highest BCUT2D eigenvalue weighted by atomic mass is 79.9. The van der Waals surface area contributed by atoms with Gasteiger partial charge in [0.25, 0.3) is 0 Å². The number of anilines is 1. The molecular weight excluding hydrogens is 559 g/mol. The first kappa shape index (κ1) is 22.6. The fraction of sp³-hybridized carbons (Fsp3) is 0.571. The van der Waals surface area contributed by atoms with Crippen molar-refractivity contribution in [3.8, 4) is 0 Å². The number of hydrogen-bond donors (Lipinski definition) is 1. The van der Waals surface area contributed by atoms with E-state index in [1.165, 1.54) is 4.90 Å². The van der Waals surface area contributed by atoms with Crippen molar-refractivity contribution in [2.45, 2.75) is 41.8 Å². The Morgan fingerprint density at radius 1 is 1.03 bits per heavy atom. The van der Waals surface area contributed by atoms with Crippen LogP contribution in [0.3, 0.4) is 0 Å². The predicted molar refractivity (Wildman–Crippen MR) is 124 cm³/mol. The molecule has 3 aliphatic rings. The van der Waals surface area contributed by atoms with Crippen LogP contribution in [0.1, 0.15) is 32.1 Å². The second kappa shape index (κ2) is 9.08. The standard InChI is InChI=1S/C21H22Br2Cl2N2O3/c22-18-11-9-12(19(18)23)17-16(11)20(29)27(21(17)30)7-3-1-2-4-15(28)26-14-8-10(24)5-6-13(14)25/h5-6,8,11-12,16-19H,1-4,7,9H2,(H,26,28)/t11-,12-,16-,17+,18-,19-/m1/s1. The van der Waals surface area contributed by atoms with Gasteiger partial charge >= 0.3 is 0 Å². The minimum Gasteiger partial charge on any atom is -0.325 e. The molecule has 4 rings (SSSR count). The smallest absolute Gasteiger partial charge is 0.233 e. The summed E-state index contributed by atoms with van der Waals surface area (Å²) in [5.41, 5.74) is 0.499. The average molecular weight is 581 g/mol. The third kappa shape index (κ3) is 4.07. The van der Waals surface area contributed by atoms with Gasteiger partial charge in [0.2, 0.25) is 17.7 Å². The first-order valence-electron chi connectivity index (χ1n) is 10.2. The third-order valence-corrected chi connectivity index (χ3v) is 10.3. The molecule has 1 aliphatic heterocycles. The van der Waals surface area contributed by atoms with Crippen LogP contribution >= 0.6 is 55.1 Å². The molecule has 30 heavy (non-hydrogen) atoms. The topological polar surface area (TPSA) is 66.5 Å². The molecule has 2 saturated carbocycles. The summed E-state index contributed by atoms with van der Waals surface area (Å²) in [6, 6.07) is 4.92. The van der Waals surface area contributed by atoms with E-state index in [0.29, 0.717) is 41.5 Å². The van der Waals surface area contributed by atoms with E-state index in [9.17, 15) is 14.4 Å². The molecule has 6 atom stereocenters. The second-order valence-electron chi connectivity index (χ2n) is 8.31. The van der Waals surface area contributed by atoms with Gasteiger partial charge in [-0.15, -0.1) is 0 Å². The van der Waals surface area contributed by atoms with Gasteiger partial charge in [0, 0.05) is 27.6 Å². The SMILES string of the molecule is O=C(CCCCCN1C(=O)[C@@H]2[C@H]3C[C@@H]([C@@H](Br)[C@@H]3Br)[C@@H]2C1=O)Nc1cc(Cl)ccc1Cl. The lowest BCUT2D eigenvalue weighted by atomic mass is 9.81. The number of unbranched alkanes of at least 4 members (excludes halogenated alkanes) is 2. The second-order valence-corrected chi connectivity index (χ2v) is 11.3.